The lowest BCUT2D eigenvalue weighted by Gasteiger charge is -2.30. The zero-order chi connectivity index (χ0) is 15.2. The van der Waals surface area contributed by atoms with Crippen LogP contribution in [-0.2, 0) is 14.3 Å². The predicted octanol–water partition coefficient (Wildman–Crippen LogP) is 3.93. The average molecular weight is 297 g/mol. The zero-order valence-electron chi connectivity index (χ0n) is 11.9. The van der Waals surface area contributed by atoms with Gasteiger partial charge in [0.05, 0.1) is 13.5 Å². The third-order valence-corrected chi connectivity index (χ3v) is 4.20. The molecule has 1 aliphatic carbocycles. The number of aldehydes is 1. The second-order valence-electron chi connectivity index (χ2n) is 5.09. The number of methoxy groups -OCH3 is 1. The van der Waals surface area contributed by atoms with Gasteiger partial charge in [-0.2, -0.15) is 0 Å². The van der Waals surface area contributed by atoms with Crippen LogP contribution in [0.1, 0.15) is 38.5 Å². The lowest BCUT2D eigenvalue weighted by molar-refractivity contribution is -0.142. The highest BCUT2D eigenvalue weighted by molar-refractivity contribution is 6.31. The Hall–Kier alpha value is -1.35. The maximum atomic E-state index is 11.7. The topological polar surface area (TPSA) is 43.4 Å². The van der Waals surface area contributed by atoms with E-state index in [4.69, 9.17) is 16.3 Å². The van der Waals surface area contributed by atoms with E-state index in [0.717, 1.165) is 43.1 Å². The van der Waals surface area contributed by atoms with Crippen LogP contribution < -0.4 is 0 Å². The van der Waals surface area contributed by atoms with E-state index < -0.39 is 0 Å². The third kappa shape index (κ3) is 3.60. The van der Waals surface area contributed by atoms with Gasteiger partial charge in [0.25, 0.3) is 0 Å². The average Bonchev–Trinajstić information content (AvgIpc) is 2.77. The largest absolute Gasteiger partial charge is 0.469 e. The molecule has 3 nitrogen and oxygen atoms in total. The normalized spacial score (nSPS) is 21.7. The second kappa shape index (κ2) is 7.44. The lowest BCUT2D eigenvalue weighted by Crippen LogP contribution is -2.24. The summed E-state index contributed by atoms with van der Waals surface area (Å²) >= 11 is 6.04. The summed E-state index contributed by atoms with van der Waals surface area (Å²) in [5.74, 6) is -0.253. The maximum Gasteiger partial charge on any atom is 0.306 e. The summed E-state index contributed by atoms with van der Waals surface area (Å²) in [6.07, 6.45) is 6.52. The number of ether oxygens (including phenoxy) is 1. The highest BCUT2D eigenvalue weighted by Crippen LogP contribution is 2.51. The molecule has 0 N–H and O–H groups in total. The summed E-state index contributed by atoms with van der Waals surface area (Å²) in [4.78, 5) is 22.3. The fraction of sp³-hybridized carbons (Fsp3) is 0.500. The van der Waals surface area contributed by atoms with E-state index >= 15 is 0 Å². The first-order valence-corrected chi connectivity index (χ1v) is 7.10. The van der Waals surface area contributed by atoms with Crippen LogP contribution in [0.5, 0.6) is 0 Å². The summed E-state index contributed by atoms with van der Waals surface area (Å²) in [6.45, 7) is 7.64. The summed E-state index contributed by atoms with van der Waals surface area (Å²) in [6, 6.07) is 0. The van der Waals surface area contributed by atoms with Crippen LogP contribution >= 0.6 is 11.6 Å². The van der Waals surface area contributed by atoms with Crippen LogP contribution in [0.25, 0.3) is 0 Å². The molecule has 0 spiro atoms. The number of hydrogen-bond donors (Lipinski definition) is 0. The minimum atomic E-state index is -0.328. The molecule has 0 aromatic heterocycles. The van der Waals surface area contributed by atoms with Gasteiger partial charge in [0, 0.05) is 16.9 Å². The molecule has 1 rings (SSSR count). The van der Waals surface area contributed by atoms with E-state index in [1.165, 1.54) is 7.11 Å². The molecular weight excluding hydrogens is 276 g/mol. The summed E-state index contributed by atoms with van der Waals surface area (Å²) in [7, 11) is 1.38. The molecule has 1 unspecified atom stereocenters. The van der Waals surface area contributed by atoms with Gasteiger partial charge in [0.15, 0.2) is 0 Å². The van der Waals surface area contributed by atoms with Crippen molar-refractivity contribution in [2.24, 2.45) is 5.41 Å². The van der Waals surface area contributed by atoms with Crippen LogP contribution in [0.2, 0.25) is 0 Å². The molecule has 20 heavy (non-hydrogen) atoms. The van der Waals surface area contributed by atoms with Crippen LogP contribution in [-0.4, -0.2) is 19.4 Å². The monoisotopic (exact) mass is 296 g/mol. The van der Waals surface area contributed by atoms with E-state index in [-0.39, 0.29) is 17.8 Å². The third-order valence-electron chi connectivity index (χ3n) is 3.97. The predicted molar refractivity (Wildman–Crippen MR) is 80.4 cm³/mol. The molecule has 0 aromatic rings. The van der Waals surface area contributed by atoms with E-state index in [1.807, 2.05) is 0 Å². The van der Waals surface area contributed by atoms with Gasteiger partial charge < -0.3 is 9.53 Å². The molecule has 110 valence electrons. The molecule has 0 heterocycles. The van der Waals surface area contributed by atoms with E-state index in [2.05, 4.69) is 13.2 Å². The Labute approximate surface area is 125 Å². The number of carbonyl (C=O) groups is 2. The Morgan fingerprint density at radius 3 is 2.75 bits per heavy atom. The van der Waals surface area contributed by atoms with Crippen molar-refractivity contribution in [1.82, 2.24) is 0 Å². The number of carbonyl (C=O) groups excluding carboxylic acids is 2. The zero-order valence-corrected chi connectivity index (χ0v) is 12.7. The summed E-state index contributed by atoms with van der Waals surface area (Å²) in [5, 5.41) is 0.502. The fourth-order valence-electron chi connectivity index (χ4n) is 2.98. The number of hydrogen-bond acceptors (Lipinski definition) is 3. The number of esters is 1. The fourth-order valence-corrected chi connectivity index (χ4v) is 3.18. The van der Waals surface area contributed by atoms with E-state index in [9.17, 15) is 9.59 Å². The van der Waals surface area contributed by atoms with Crippen LogP contribution in [0.4, 0.5) is 0 Å². The van der Waals surface area contributed by atoms with Crippen molar-refractivity contribution in [3.63, 3.8) is 0 Å². The molecule has 0 saturated carbocycles. The van der Waals surface area contributed by atoms with Crippen molar-refractivity contribution in [1.29, 1.82) is 0 Å². The number of halogens is 1. The minimum Gasteiger partial charge on any atom is -0.469 e. The molecule has 1 atom stereocenters. The molecule has 0 fully saturated rings. The Balaban J connectivity index is 3.09. The Morgan fingerprint density at radius 1 is 1.55 bits per heavy atom. The van der Waals surface area contributed by atoms with E-state index in [1.54, 1.807) is 6.08 Å². The standard InChI is InChI=1S/C16H21ClO3/c1-4-14-13(12(2)17)7-9-16(14,8-5-6-10-18)11-15(19)20-3/h4,10H,1-2,5-9,11H2,3H3. The summed E-state index contributed by atoms with van der Waals surface area (Å²) < 4.78 is 4.81. The highest BCUT2D eigenvalue weighted by Gasteiger charge is 2.41. The smallest absolute Gasteiger partial charge is 0.306 e. The van der Waals surface area contributed by atoms with Crippen molar-refractivity contribution >= 4 is 23.9 Å². The van der Waals surface area contributed by atoms with Gasteiger partial charge >= 0.3 is 5.97 Å². The molecule has 0 aliphatic heterocycles. The summed E-state index contributed by atoms with van der Waals surface area (Å²) in [5.41, 5.74) is 1.62. The molecule has 0 aromatic carbocycles. The lowest BCUT2D eigenvalue weighted by atomic mass is 9.74. The minimum absolute atomic E-state index is 0.253. The molecule has 4 heteroatoms. The van der Waals surface area contributed by atoms with Gasteiger partial charge in [-0.3, -0.25) is 4.79 Å². The number of rotatable bonds is 8. The first-order chi connectivity index (χ1) is 9.50. The second-order valence-corrected chi connectivity index (χ2v) is 5.55. The molecule has 0 amide bonds. The number of unbranched alkanes of at least 4 members (excludes halogenated alkanes) is 1. The first kappa shape index (κ1) is 16.7. The van der Waals surface area contributed by atoms with Gasteiger partial charge in [0.1, 0.15) is 6.29 Å². The van der Waals surface area contributed by atoms with Crippen molar-refractivity contribution in [3.05, 3.63) is 35.4 Å². The first-order valence-electron chi connectivity index (χ1n) is 6.72. The number of allylic oxidation sites excluding steroid dienone is 4. The SMILES string of the molecule is C=CC1=C(C(=C)Cl)CCC1(CCCC=O)CC(=O)OC. The van der Waals surface area contributed by atoms with Crippen molar-refractivity contribution in [3.8, 4) is 0 Å². The van der Waals surface area contributed by atoms with E-state index in [0.29, 0.717) is 11.5 Å². The van der Waals surface area contributed by atoms with Gasteiger partial charge in [-0.25, -0.2) is 0 Å². The van der Waals surface area contributed by atoms with Gasteiger partial charge in [0.2, 0.25) is 0 Å². The highest BCUT2D eigenvalue weighted by atomic mass is 35.5. The van der Waals surface area contributed by atoms with Crippen molar-refractivity contribution < 1.29 is 14.3 Å². The molecule has 1 aliphatic rings. The van der Waals surface area contributed by atoms with Crippen molar-refractivity contribution in [2.45, 2.75) is 38.5 Å². The Bertz CT molecular complexity index is 451. The molecule has 0 radical (unpaired) electrons. The maximum absolute atomic E-state index is 11.7. The van der Waals surface area contributed by atoms with Crippen LogP contribution in [0, 0.1) is 5.41 Å². The Kier molecular flexibility index (Phi) is 6.21. The quantitative estimate of drug-likeness (QED) is 0.387. The molecule has 0 bridgehead atoms. The van der Waals surface area contributed by atoms with Gasteiger partial charge in [-0.1, -0.05) is 30.8 Å². The molecule has 0 saturated heterocycles. The van der Waals surface area contributed by atoms with Crippen LogP contribution in [0.3, 0.4) is 0 Å². The van der Waals surface area contributed by atoms with Crippen molar-refractivity contribution in [2.75, 3.05) is 7.11 Å². The van der Waals surface area contributed by atoms with Gasteiger partial charge in [-0.05, 0) is 36.8 Å². The Morgan fingerprint density at radius 2 is 2.25 bits per heavy atom. The van der Waals surface area contributed by atoms with Gasteiger partial charge in [-0.15, -0.1) is 0 Å². The van der Waals surface area contributed by atoms with Crippen LogP contribution in [0.15, 0.2) is 35.4 Å². The molecular formula is C16H21ClO3.